The van der Waals surface area contributed by atoms with Crippen LogP contribution in [0.15, 0.2) is 46.7 Å². The van der Waals surface area contributed by atoms with Crippen LogP contribution in [-0.2, 0) is 0 Å². The molecule has 0 fully saturated rings. The maximum absolute atomic E-state index is 10.1. The van der Waals surface area contributed by atoms with Crippen molar-refractivity contribution in [3.05, 3.63) is 47.5 Å². The van der Waals surface area contributed by atoms with Gasteiger partial charge in [0.1, 0.15) is 23.0 Å². The average molecular weight is 473 g/mol. The van der Waals surface area contributed by atoms with Crippen LogP contribution in [-0.4, -0.2) is 45.3 Å². The minimum absolute atomic E-state index is 0.0652. The number of unbranched alkanes of at least 4 members (excludes halogenated alkanes) is 5. The molecule has 0 amide bonds. The Kier molecular flexibility index (Phi) is 11.6. The highest BCUT2D eigenvalue weighted by atomic mass is 16.5. The molecule has 2 rings (SSSR count). The summed E-state index contributed by atoms with van der Waals surface area (Å²) in [6, 6.07) is 9.83. The Morgan fingerprint density at radius 2 is 1.03 bits per heavy atom. The van der Waals surface area contributed by atoms with Crippen molar-refractivity contribution < 1.29 is 30.1 Å². The summed E-state index contributed by atoms with van der Waals surface area (Å²) in [5, 5.41) is 45.8. The van der Waals surface area contributed by atoms with Gasteiger partial charge in [0.2, 0.25) is 0 Å². The van der Waals surface area contributed by atoms with Gasteiger partial charge in [-0.1, -0.05) is 36.0 Å². The molecule has 2 aromatic rings. The third-order valence-corrected chi connectivity index (χ3v) is 5.50. The minimum atomic E-state index is 0.0652. The Labute approximate surface area is 201 Å². The lowest BCUT2D eigenvalue weighted by Gasteiger charge is -2.10. The molecule has 8 heteroatoms. The van der Waals surface area contributed by atoms with Crippen LogP contribution >= 0.6 is 0 Å². The minimum Gasteiger partial charge on any atom is -0.507 e. The zero-order valence-electron chi connectivity index (χ0n) is 20.0. The summed E-state index contributed by atoms with van der Waals surface area (Å²) in [6.45, 7) is 4.80. The smallest absolute Gasteiger partial charge is 0.125 e. The van der Waals surface area contributed by atoms with Gasteiger partial charge >= 0.3 is 0 Å². The van der Waals surface area contributed by atoms with E-state index in [0.717, 1.165) is 38.5 Å². The van der Waals surface area contributed by atoms with Gasteiger partial charge in [0.25, 0.3) is 0 Å². The molecule has 0 atom stereocenters. The van der Waals surface area contributed by atoms with Crippen LogP contribution in [0.5, 0.6) is 23.0 Å². The maximum Gasteiger partial charge on any atom is 0.125 e. The fourth-order valence-corrected chi connectivity index (χ4v) is 3.77. The first-order valence-electron chi connectivity index (χ1n) is 11.9. The van der Waals surface area contributed by atoms with Crippen molar-refractivity contribution >= 4 is 11.4 Å². The fourth-order valence-electron chi connectivity index (χ4n) is 3.77. The molecular weight excluding hydrogens is 436 g/mol. The van der Waals surface area contributed by atoms with E-state index >= 15 is 0 Å². The van der Waals surface area contributed by atoms with Crippen molar-refractivity contribution in [2.75, 3.05) is 13.2 Å². The van der Waals surface area contributed by atoms with Crippen LogP contribution in [0.3, 0.4) is 0 Å². The summed E-state index contributed by atoms with van der Waals surface area (Å²) in [5.41, 5.74) is 1.86. The number of phenols is 2. The van der Waals surface area contributed by atoms with E-state index < -0.39 is 0 Å². The lowest BCUT2D eigenvalue weighted by atomic mass is 10.00. The Bertz CT molecular complexity index is 881. The monoisotopic (exact) mass is 472 g/mol. The molecule has 0 spiro atoms. The van der Waals surface area contributed by atoms with Gasteiger partial charge in [-0.15, -0.1) is 0 Å². The Balaban J connectivity index is 1.73. The highest BCUT2D eigenvalue weighted by Gasteiger charge is 2.13. The quantitative estimate of drug-likeness (QED) is 0.108. The molecular formula is C26H36N2O6. The van der Waals surface area contributed by atoms with Crippen molar-refractivity contribution in [3.8, 4) is 23.0 Å². The molecule has 186 valence electrons. The first-order valence-corrected chi connectivity index (χ1v) is 11.9. The zero-order chi connectivity index (χ0) is 24.8. The molecule has 0 aromatic heterocycles. The maximum atomic E-state index is 10.1. The summed E-state index contributed by atoms with van der Waals surface area (Å²) in [5.74, 6) is 1.38. The van der Waals surface area contributed by atoms with Crippen LogP contribution < -0.4 is 9.47 Å². The molecule has 0 saturated heterocycles. The Morgan fingerprint density at radius 1 is 0.647 bits per heavy atom. The van der Waals surface area contributed by atoms with Crippen molar-refractivity contribution in [3.63, 3.8) is 0 Å². The number of aromatic hydroxyl groups is 2. The molecule has 0 radical (unpaired) electrons. The molecule has 0 aliphatic carbocycles. The summed E-state index contributed by atoms with van der Waals surface area (Å²) in [7, 11) is 0. The molecule has 4 N–H and O–H groups in total. The van der Waals surface area contributed by atoms with Gasteiger partial charge in [0.05, 0.1) is 24.6 Å². The zero-order valence-corrected chi connectivity index (χ0v) is 20.0. The van der Waals surface area contributed by atoms with Crippen molar-refractivity contribution in [1.82, 2.24) is 0 Å². The number of oxime groups is 2. The number of benzene rings is 2. The topological polar surface area (TPSA) is 124 Å². The SMILES string of the molecule is CCOc1ccc(O)c(C(CCCCCCCCC(=NO)c2cc(OCC)ccc2O)=NO)c1. The van der Waals surface area contributed by atoms with Crippen molar-refractivity contribution in [2.45, 2.75) is 65.2 Å². The molecule has 0 bridgehead atoms. The van der Waals surface area contributed by atoms with Gasteiger partial charge in [-0.3, -0.25) is 0 Å². The second-order valence-corrected chi connectivity index (χ2v) is 7.94. The Hall–Kier alpha value is -3.42. The highest BCUT2D eigenvalue weighted by molar-refractivity contribution is 6.03. The standard InChI is InChI=1S/C26H36N2O6/c1-3-33-19-13-15-25(29)21(17-19)23(27-31)11-9-7-5-6-8-10-12-24(28-32)22-18-20(34-4-2)14-16-26(22)30/h13-18,29-32H,3-12H2,1-2H3. The van der Waals surface area contributed by atoms with E-state index in [2.05, 4.69) is 10.3 Å². The Morgan fingerprint density at radius 3 is 1.38 bits per heavy atom. The number of hydrogen-bond acceptors (Lipinski definition) is 8. The molecule has 8 nitrogen and oxygen atoms in total. The van der Waals surface area contributed by atoms with Crippen LogP contribution in [0, 0.1) is 0 Å². The number of nitrogens with zero attached hydrogens (tertiary/aromatic N) is 2. The number of hydrogen-bond donors (Lipinski definition) is 4. The van der Waals surface area contributed by atoms with Crippen LogP contribution in [0.2, 0.25) is 0 Å². The summed E-state index contributed by atoms with van der Waals surface area (Å²) < 4.78 is 10.9. The lowest BCUT2D eigenvalue weighted by Crippen LogP contribution is -2.03. The van der Waals surface area contributed by atoms with Gasteiger partial charge in [-0.25, -0.2) is 0 Å². The number of rotatable bonds is 15. The van der Waals surface area contributed by atoms with Gasteiger partial charge < -0.3 is 30.1 Å². The van der Waals surface area contributed by atoms with E-state index in [1.807, 2.05) is 13.8 Å². The second kappa shape index (κ2) is 14.7. The summed E-state index contributed by atoms with van der Waals surface area (Å²) >= 11 is 0. The summed E-state index contributed by atoms with van der Waals surface area (Å²) in [4.78, 5) is 0. The van der Waals surface area contributed by atoms with E-state index in [1.165, 1.54) is 0 Å². The molecule has 0 aliphatic heterocycles. The van der Waals surface area contributed by atoms with Crippen molar-refractivity contribution in [2.24, 2.45) is 10.3 Å². The first-order chi connectivity index (χ1) is 16.5. The largest absolute Gasteiger partial charge is 0.507 e. The van der Waals surface area contributed by atoms with Crippen LogP contribution in [0.25, 0.3) is 0 Å². The predicted molar refractivity (Wildman–Crippen MR) is 132 cm³/mol. The summed E-state index contributed by atoms with van der Waals surface area (Å²) in [6.07, 6.45) is 6.72. The van der Waals surface area contributed by atoms with Gasteiger partial charge in [-0.05, 0) is 75.9 Å². The first kappa shape index (κ1) is 26.8. The third kappa shape index (κ3) is 8.17. The highest BCUT2D eigenvalue weighted by Crippen LogP contribution is 2.27. The van der Waals surface area contributed by atoms with E-state index in [1.54, 1.807) is 36.4 Å². The van der Waals surface area contributed by atoms with Crippen molar-refractivity contribution in [1.29, 1.82) is 0 Å². The molecule has 0 saturated carbocycles. The molecule has 34 heavy (non-hydrogen) atoms. The molecule has 0 unspecified atom stereocenters. The van der Waals surface area contributed by atoms with E-state index in [4.69, 9.17) is 9.47 Å². The van der Waals surface area contributed by atoms with Gasteiger partial charge in [0, 0.05) is 11.1 Å². The van der Waals surface area contributed by atoms with Gasteiger partial charge in [-0.2, -0.15) is 0 Å². The lowest BCUT2D eigenvalue weighted by molar-refractivity contribution is 0.317. The average Bonchev–Trinajstić information content (AvgIpc) is 2.84. The number of ether oxygens (including phenoxy) is 2. The molecule has 2 aromatic carbocycles. The normalized spacial score (nSPS) is 12.1. The molecule has 0 heterocycles. The fraction of sp³-hybridized carbons (Fsp3) is 0.462. The second-order valence-electron chi connectivity index (χ2n) is 7.94. The predicted octanol–water partition coefficient (Wildman–Crippen LogP) is 6.07. The third-order valence-electron chi connectivity index (χ3n) is 5.50. The van der Waals surface area contributed by atoms with Crippen LogP contribution in [0.1, 0.15) is 76.3 Å². The van der Waals surface area contributed by atoms with E-state index in [0.29, 0.717) is 60.1 Å². The van der Waals surface area contributed by atoms with E-state index in [9.17, 15) is 20.6 Å². The number of phenolic OH excluding ortho intramolecular Hbond substituents is 2. The van der Waals surface area contributed by atoms with Gasteiger partial charge in [0.15, 0.2) is 0 Å². The van der Waals surface area contributed by atoms with Crippen LogP contribution in [0.4, 0.5) is 0 Å². The van der Waals surface area contributed by atoms with E-state index in [-0.39, 0.29) is 11.5 Å². The molecule has 0 aliphatic rings.